The molecule has 1 saturated carbocycles. The number of ketones is 1. The Labute approximate surface area is 69.9 Å². The minimum Gasteiger partial charge on any atom is -0.393 e. The first-order chi connectivity index (χ1) is 5.61. The van der Waals surface area contributed by atoms with Crippen LogP contribution in [0.4, 0.5) is 0 Å². The molecule has 0 radical (unpaired) electrons. The average Bonchev–Trinajstić information content (AvgIpc) is 2.33. The van der Waals surface area contributed by atoms with E-state index in [1.54, 1.807) is 0 Å². The quantitative estimate of drug-likeness (QED) is 0.423. The topological polar surface area (TPSA) is 60.4 Å². The van der Waals surface area contributed by atoms with Gasteiger partial charge in [-0.3, -0.25) is 14.4 Å². The van der Waals surface area contributed by atoms with Crippen molar-refractivity contribution < 1.29 is 19.1 Å². The number of Topliss-reactive ketones (excluding diaryl/α,β-unsaturated/α-hetero) is 1. The van der Waals surface area contributed by atoms with Crippen molar-refractivity contribution in [2.24, 2.45) is 5.92 Å². The van der Waals surface area contributed by atoms with Crippen LogP contribution < -0.4 is 0 Å². The monoisotopic (exact) mass is 170 g/mol. The average molecular weight is 170 g/mol. The van der Waals surface area contributed by atoms with Crippen molar-refractivity contribution in [1.82, 2.24) is 0 Å². The summed E-state index contributed by atoms with van der Waals surface area (Å²) in [6, 6.07) is 0. The van der Waals surface area contributed by atoms with E-state index < -0.39 is 17.9 Å². The van der Waals surface area contributed by atoms with Gasteiger partial charge in [-0.25, -0.2) is 0 Å². The van der Waals surface area contributed by atoms with Gasteiger partial charge in [0.15, 0.2) is 0 Å². The molecule has 0 aromatic heterocycles. The fraction of sp³-hybridized carbons (Fsp3) is 0.625. The molecular formula is C8H10O4. The number of hydrogen-bond donors (Lipinski definition) is 0. The van der Waals surface area contributed by atoms with Crippen molar-refractivity contribution in [2.45, 2.75) is 26.2 Å². The third kappa shape index (κ3) is 1.90. The first-order valence-electron chi connectivity index (χ1n) is 3.86. The van der Waals surface area contributed by atoms with Crippen LogP contribution in [0.25, 0.3) is 0 Å². The Morgan fingerprint density at radius 3 is 2.58 bits per heavy atom. The SMILES string of the molecule is CC(=O)OC(=O)C1CCCC1=O. The van der Waals surface area contributed by atoms with Crippen LogP contribution in [0.1, 0.15) is 26.2 Å². The second-order valence-corrected chi connectivity index (χ2v) is 2.82. The lowest BCUT2D eigenvalue weighted by molar-refractivity contribution is -0.161. The van der Waals surface area contributed by atoms with E-state index in [2.05, 4.69) is 4.74 Å². The maximum Gasteiger partial charge on any atom is 0.324 e. The van der Waals surface area contributed by atoms with Crippen LogP contribution in [-0.4, -0.2) is 17.7 Å². The van der Waals surface area contributed by atoms with Gasteiger partial charge in [0.25, 0.3) is 0 Å². The minimum atomic E-state index is -0.690. The zero-order valence-electron chi connectivity index (χ0n) is 6.83. The van der Waals surface area contributed by atoms with Gasteiger partial charge in [0.1, 0.15) is 11.7 Å². The normalized spacial score (nSPS) is 22.4. The fourth-order valence-corrected chi connectivity index (χ4v) is 1.28. The van der Waals surface area contributed by atoms with Gasteiger partial charge < -0.3 is 4.74 Å². The Morgan fingerprint density at radius 2 is 2.17 bits per heavy atom. The van der Waals surface area contributed by atoms with E-state index in [1.807, 2.05) is 0 Å². The molecule has 12 heavy (non-hydrogen) atoms. The van der Waals surface area contributed by atoms with E-state index in [0.717, 1.165) is 13.3 Å². The number of hydrogen-bond acceptors (Lipinski definition) is 4. The van der Waals surface area contributed by atoms with Crippen molar-refractivity contribution in [3.05, 3.63) is 0 Å². The number of carbonyl (C=O) groups is 3. The molecule has 0 saturated heterocycles. The molecule has 0 amide bonds. The molecule has 1 aliphatic rings. The smallest absolute Gasteiger partial charge is 0.324 e. The van der Waals surface area contributed by atoms with Gasteiger partial charge in [-0.05, 0) is 12.8 Å². The highest BCUT2D eigenvalue weighted by Gasteiger charge is 2.32. The van der Waals surface area contributed by atoms with E-state index in [1.165, 1.54) is 0 Å². The van der Waals surface area contributed by atoms with Crippen molar-refractivity contribution >= 4 is 17.7 Å². The highest BCUT2D eigenvalue weighted by molar-refractivity contribution is 6.03. The molecule has 0 aromatic rings. The van der Waals surface area contributed by atoms with Crippen molar-refractivity contribution in [3.8, 4) is 0 Å². The molecule has 0 bridgehead atoms. The molecule has 1 rings (SSSR count). The predicted octanol–water partition coefficient (Wildman–Crippen LogP) is 0.445. The Balaban J connectivity index is 2.52. The summed E-state index contributed by atoms with van der Waals surface area (Å²) in [7, 11) is 0. The Bertz CT molecular complexity index is 231. The largest absolute Gasteiger partial charge is 0.393 e. The molecule has 4 heteroatoms. The van der Waals surface area contributed by atoms with Crippen LogP contribution in [0.2, 0.25) is 0 Å². The Kier molecular flexibility index (Phi) is 2.58. The molecule has 1 fully saturated rings. The minimum absolute atomic E-state index is 0.110. The summed E-state index contributed by atoms with van der Waals surface area (Å²) in [6.45, 7) is 1.15. The summed E-state index contributed by atoms with van der Waals surface area (Å²) in [5.41, 5.74) is 0. The molecule has 0 heterocycles. The summed E-state index contributed by atoms with van der Waals surface area (Å²) in [5, 5.41) is 0. The summed E-state index contributed by atoms with van der Waals surface area (Å²) in [6.07, 6.45) is 1.67. The van der Waals surface area contributed by atoms with Crippen LogP contribution in [-0.2, 0) is 19.1 Å². The van der Waals surface area contributed by atoms with Gasteiger partial charge in [0, 0.05) is 13.3 Å². The second-order valence-electron chi connectivity index (χ2n) is 2.82. The molecule has 0 aromatic carbocycles. The Morgan fingerprint density at radius 1 is 1.50 bits per heavy atom. The third-order valence-electron chi connectivity index (χ3n) is 1.83. The van der Waals surface area contributed by atoms with Gasteiger partial charge in [-0.2, -0.15) is 0 Å². The van der Waals surface area contributed by atoms with E-state index in [4.69, 9.17) is 0 Å². The summed E-state index contributed by atoms with van der Waals surface area (Å²) >= 11 is 0. The number of carbonyl (C=O) groups excluding carboxylic acids is 3. The van der Waals surface area contributed by atoms with E-state index in [9.17, 15) is 14.4 Å². The third-order valence-corrected chi connectivity index (χ3v) is 1.83. The molecule has 1 atom stereocenters. The number of esters is 2. The van der Waals surface area contributed by atoms with E-state index in [0.29, 0.717) is 12.8 Å². The lowest BCUT2D eigenvalue weighted by Crippen LogP contribution is -2.22. The summed E-state index contributed by atoms with van der Waals surface area (Å²) < 4.78 is 4.31. The van der Waals surface area contributed by atoms with Crippen molar-refractivity contribution in [2.75, 3.05) is 0 Å². The molecule has 1 aliphatic carbocycles. The Hall–Kier alpha value is -1.19. The molecule has 0 aliphatic heterocycles. The maximum atomic E-state index is 11.0. The van der Waals surface area contributed by atoms with Gasteiger partial charge >= 0.3 is 11.9 Å². The standard InChI is InChI=1S/C8H10O4/c1-5(9)12-8(11)6-3-2-4-7(6)10/h6H,2-4H2,1H3. The van der Waals surface area contributed by atoms with E-state index in [-0.39, 0.29) is 5.78 Å². The van der Waals surface area contributed by atoms with E-state index >= 15 is 0 Å². The second kappa shape index (κ2) is 3.47. The first-order valence-corrected chi connectivity index (χ1v) is 3.86. The van der Waals surface area contributed by atoms with Crippen LogP contribution >= 0.6 is 0 Å². The predicted molar refractivity (Wildman–Crippen MR) is 39.1 cm³/mol. The highest BCUT2D eigenvalue weighted by Crippen LogP contribution is 2.22. The number of ether oxygens (including phenoxy) is 1. The number of rotatable bonds is 1. The molecular weight excluding hydrogens is 160 g/mol. The lowest BCUT2D eigenvalue weighted by atomic mass is 10.1. The van der Waals surface area contributed by atoms with Crippen molar-refractivity contribution in [1.29, 1.82) is 0 Å². The van der Waals surface area contributed by atoms with Gasteiger partial charge in [0.2, 0.25) is 0 Å². The van der Waals surface area contributed by atoms with Gasteiger partial charge in [0.05, 0.1) is 0 Å². The fourth-order valence-electron chi connectivity index (χ4n) is 1.28. The maximum absolute atomic E-state index is 11.0. The van der Waals surface area contributed by atoms with Gasteiger partial charge in [-0.15, -0.1) is 0 Å². The van der Waals surface area contributed by atoms with Crippen molar-refractivity contribution in [3.63, 3.8) is 0 Å². The lowest BCUT2D eigenvalue weighted by Gasteiger charge is -2.04. The zero-order valence-corrected chi connectivity index (χ0v) is 6.83. The molecule has 1 unspecified atom stereocenters. The molecule has 4 nitrogen and oxygen atoms in total. The van der Waals surface area contributed by atoms with Gasteiger partial charge in [-0.1, -0.05) is 0 Å². The van der Waals surface area contributed by atoms with Crippen LogP contribution in [0.15, 0.2) is 0 Å². The summed E-state index contributed by atoms with van der Waals surface area (Å²) in [5.74, 6) is -2.14. The first kappa shape index (κ1) is 8.90. The van der Waals surface area contributed by atoms with Crippen LogP contribution in [0.5, 0.6) is 0 Å². The molecule has 0 N–H and O–H groups in total. The molecule has 66 valence electrons. The zero-order chi connectivity index (χ0) is 9.14. The highest BCUT2D eigenvalue weighted by atomic mass is 16.6. The van der Waals surface area contributed by atoms with Crippen LogP contribution in [0.3, 0.4) is 0 Å². The molecule has 0 spiro atoms. The summed E-state index contributed by atoms with van der Waals surface area (Å²) in [4.78, 5) is 32.4. The van der Waals surface area contributed by atoms with Crippen LogP contribution in [0, 0.1) is 5.92 Å².